The molecule has 2 atom stereocenters. The largest absolute Gasteiger partial charge is 0.481 e. The van der Waals surface area contributed by atoms with Crippen molar-refractivity contribution in [2.75, 3.05) is 18.8 Å². The smallest absolute Gasteiger partial charge is 0.326 e. The highest BCUT2D eigenvalue weighted by Gasteiger charge is 2.27. The Morgan fingerprint density at radius 3 is 2.65 bits per heavy atom. The summed E-state index contributed by atoms with van der Waals surface area (Å²) in [7, 11) is 0. The Bertz CT molecular complexity index is 377. The maximum absolute atomic E-state index is 12.0. The number of hydrogen-bond donors (Lipinski definition) is 3. The van der Waals surface area contributed by atoms with E-state index < -0.39 is 24.0 Å². The van der Waals surface area contributed by atoms with Crippen LogP contribution >= 0.6 is 11.8 Å². The third-order valence-electron chi connectivity index (χ3n) is 3.12. The van der Waals surface area contributed by atoms with E-state index in [1.54, 1.807) is 4.90 Å². The Morgan fingerprint density at radius 2 is 2.10 bits per heavy atom. The van der Waals surface area contributed by atoms with Crippen molar-refractivity contribution in [3.05, 3.63) is 0 Å². The number of amides is 2. The Morgan fingerprint density at radius 1 is 1.40 bits per heavy atom. The summed E-state index contributed by atoms with van der Waals surface area (Å²) in [5, 5.41) is 20.3. The predicted molar refractivity (Wildman–Crippen MR) is 74.9 cm³/mol. The van der Waals surface area contributed by atoms with Gasteiger partial charge in [-0.05, 0) is 12.8 Å². The summed E-state index contributed by atoms with van der Waals surface area (Å²) >= 11 is 1.81. The van der Waals surface area contributed by atoms with Gasteiger partial charge >= 0.3 is 18.0 Å². The minimum atomic E-state index is -1.21. The lowest BCUT2D eigenvalue weighted by atomic mass is 10.1. The van der Waals surface area contributed by atoms with Gasteiger partial charge in [0.2, 0.25) is 0 Å². The maximum Gasteiger partial charge on any atom is 0.326 e. The van der Waals surface area contributed by atoms with Crippen molar-refractivity contribution in [2.45, 2.75) is 37.5 Å². The Hall–Kier alpha value is -1.44. The molecule has 0 saturated carbocycles. The van der Waals surface area contributed by atoms with Crippen LogP contribution in [0.2, 0.25) is 0 Å². The van der Waals surface area contributed by atoms with Gasteiger partial charge in [0.05, 0.1) is 0 Å². The number of thioether (sulfide) groups is 1. The topological polar surface area (TPSA) is 107 Å². The molecular weight excluding hydrogens is 284 g/mol. The fourth-order valence-corrected chi connectivity index (χ4v) is 3.10. The number of nitrogens with zero attached hydrogens (tertiary/aromatic N) is 1. The zero-order valence-electron chi connectivity index (χ0n) is 11.4. The van der Waals surface area contributed by atoms with Gasteiger partial charge in [0.15, 0.2) is 0 Å². The first-order valence-electron chi connectivity index (χ1n) is 6.55. The van der Waals surface area contributed by atoms with Crippen LogP contribution in [0, 0.1) is 0 Å². The number of carboxylic acids is 2. The second kappa shape index (κ2) is 7.98. The van der Waals surface area contributed by atoms with Crippen molar-refractivity contribution in [3.8, 4) is 0 Å². The Balaban J connectivity index is 2.52. The summed E-state index contributed by atoms with van der Waals surface area (Å²) < 4.78 is 0. The number of rotatable bonds is 6. The number of urea groups is 1. The molecule has 3 N–H and O–H groups in total. The second-order valence-corrected chi connectivity index (χ2v) is 6.03. The molecule has 1 aliphatic rings. The first-order valence-corrected chi connectivity index (χ1v) is 7.60. The summed E-state index contributed by atoms with van der Waals surface area (Å²) in [5.74, 6) is -1.46. The van der Waals surface area contributed by atoms with Crippen LogP contribution in [-0.2, 0) is 9.59 Å². The molecule has 114 valence electrons. The van der Waals surface area contributed by atoms with Crippen molar-refractivity contribution >= 4 is 29.7 Å². The lowest BCUT2D eigenvalue weighted by Crippen LogP contribution is -2.51. The van der Waals surface area contributed by atoms with Crippen molar-refractivity contribution in [2.24, 2.45) is 0 Å². The van der Waals surface area contributed by atoms with E-state index in [0.29, 0.717) is 18.3 Å². The van der Waals surface area contributed by atoms with Crippen LogP contribution in [0.4, 0.5) is 4.79 Å². The summed E-state index contributed by atoms with van der Waals surface area (Å²) in [5.41, 5.74) is 0. The van der Waals surface area contributed by atoms with E-state index in [4.69, 9.17) is 10.2 Å². The van der Waals surface area contributed by atoms with Crippen LogP contribution < -0.4 is 5.32 Å². The molecule has 0 bridgehead atoms. The monoisotopic (exact) mass is 304 g/mol. The van der Waals surface area contributed by atoms with Gasteiger partial charge in [-0.15, -0.1) is 0 Å². The third kappa shape index (κ3) is 5.28. The number of aliphatic carboxylic acids is 2. The highest BCUT2D eigenvalue weighted by molar-refractivity contribution is 8.00. The molecule has 1 saturated heterocycles. The van der Waals surface area contributed by atoms with Crippen molar-refractivity contribution in [3.63, 3.8) is 0 Å². The normalized spacial score (nSPS) is 20.2. The molecule has 7 nitrogen and oxygen atoms in total. The van der Waals surface area contributed by atoms with E-state index in [9.17, 15) is 14.4 Å². The van der Waals surface area contributed by atoms with Gasteiger partial charge < -0.3 is 20.4 Å². The fraction of sp³-hybridized carbons (Fsp3) is 0.750. The number of carbonyl (C=O) groups is 3. The average molecular weight is 304 g/mol. The highest BCUT2D eigenvalue weighted by atomic mass is 32.2. The van der Waals surface area contributed by atoms with Crippen molar-refractivity contribution in [1.29, 1.82) is 0 Å². The lowest BCUT2D eigenvalue weighted by molar-refractivity contribution is -0.140. The molecule has 0 aliphatic carbocycles. The van der Waals surface area contributed by atoms with Crippen LogP contribution in [0.3, 0.4) is 0 Å². The van der Waals surface area contributed by atoms with Gasteiger partial charge in [0.1, 0.15) is 6.04 Å². The highest BCUT2D eigenvalue weighted by Crippen LogP contribution is 2.21. The van der Waals surface area contributed by atoms with Crippen LogP contribution in [0.5, 0.6) is 0 Å². The number of nitrogens with one attached hydrogen (secondary N) is 1. The third-order valence-corrected chi connectivity index (χ3v) is 4.50. The Kier molecular flexibility index (Phi) is 6.63. The van der Waals surface area contributed by atoms with Crippen LogP contribution in [0.15, 0.2) is 0 Å². The van der Waals surface area contributed by atoms with Crippen molar-refractivity contribution in [1.82, 2.24) is 10.2 Å². The molecular formula is C12H20N2O5S. The van der Waals surface area contributed by atoms with Gasteiger partial charge in [-0.2, -0.15) is 11.8 Å². The number of hydrogen-bond acceptors (Lipinski definition) is 4. The van der Waals surface area contributed by atoms with Gasteiger partial charge in [-0.1, -0.05) is 6.92 Å². The fourth-order valence-electron chi connectivity index (χ4n) is 1.92. The summed E-state index contributed by atoms with van der Waals surface area (Å²) in [6.45, 7) is 3.22. The molecule has 0 aromatic heterocycles. The summed E-state index contributed by atoms with van der Waals surface area (Å²) in [6, 6.07) is -1.59. The predicted octanol–water partition coefficient (Wildman–Crippen LogP) is 0.841. The molecule has 0 spiro atoms. The van der Waals surface area contributed by atoms with Gasteiger partial charge in [0.25, 0.3) is 0 Å². The number of carbonyl (C=O) groups excluding carboxylic acids is 1. The first kappa shape index (κ1) is 16.6. The molecule has 1 fully saturated rings. The van der Waals surface area contributed by atoms with E-state index in [2.05, 4.69) is 5.32 Å². The van der Waals surface area contributed by atoms with E-state index in [0.717, 1.165) is 12.2 Å². The molecule has 0 radical (unpaired) electrons. The zero-order valence-corrected chi connectivity index (χ0v) is 12.2. The van der Waals surface area contributed by atoms with E-state index in [-0.39, 0.29) is 12.8 Å². The molecule has 8 heteroatoms. The lowest BCUT2D eigenvalue weighted by Gasteiger charge is -2.32. The van der Waals surface area contributed by atoms with Gasteiger partial charge in [-0.25, -0.2) is 9.59 Å². The molecule has 1 rings (SSSR count). The van der Waals surface area contributed by atoms with Crippen LogP contribution in [0.1, 0.15) is 26.2 Å². The molecule has 0 aromatic rings. The molecule has 2 amide bonds. The standard InChI is InChI=1S/C12H20N2O5S/c1-2-8-7-14(5-6-20-8)12(19)13-9(11(17)18)3-4-10(15)16/h8-9H,2-7H2,1H3,(H,13,19)(H,15,16)(H,17,18)/t8?,9-/m0/s1. The minimum Gasteiger partial charge on any atom is -0.481 e. The van der Waals surface area contributed by atoms with Crippen LogP contribution in [0.25, 0.3) is 0 Å². The molecule has 20 heavy (non-hydrogen) atoms. The first-order chi connectivity index (χ1) is 9.43. The summed E-state index contributed by atoms with van der Waals surface area (Å²) in [6.07, 6.45) is 0.552. The molecule has 0 aromatic carbocycles. The molecule has 1 unspecified atom stereocenters. The molecule has 1 aliphatic heterocycles. The minimum absolute atomic E-state index is 0.115. The van der Waals surface area contributed by atoms with Crippen LogP contribution in [-0.4, -0.2) is 63.2 Å². The maximum atomic E-state index is 12.0. The second-order valence-electron chi connectivity index (χ2n) is 4.62. The SMILES string of the molecule is CCC1CN(C(=O)N[C@@H](CCC(=O)O)C(=O)O)CCS1. The van der Waals surface area contributed by atoms with Gasteiger partial charge in [-0.3, -0.25) is 4.79 Å². The Labute approximate surface area is 121 Å². The van der Waals surface area contributed by atoms with E-state index >= 15 is 0 Å². The average Bonchev–Trinajstić information content (AvgIpc) is 2.42. The zero-order chi connectivity index (χ0) is 15.1. The van der Waals surface area contributed by atoms with E-state index in [1.807, 2.05) is 18.7 Å². The quantitative estimate of drug-likeness (QED) is 0.671. The van der Waals surface area contributed by atoms with Crippen molar-refractivity contribution < 1.29 is 24.6 Å². The van der Waals surface area contributed by atoms with E-state index in [1.165, 1.54) is 0 Å². The molecule has 1 heterocycles. The van der Waals surface area contributed by atoms with Gasteiger partial charge in [0, 0.05) is 30.5 Å². The number of carboxylic acid groups (broad SMARTS) is 2. The summed E-state index contributed by atoms with van der Waals surface area (Å²) in [4.78, 5) is 35.1.